The third-order valence-electron chi connectivity index (χ3n) is 6.21. The number of carbonyl (C=O) groups excluding carboxylic acids is 2. The smallest absolute Gasteiger partial charge is 0.272 e. The lowest BCUT2D eigenvalue weighted by Crippen LogP contribution is -2.34. The Bertz CT molecular complexity index is 1360. The first-order valence-corrected chi connectivity index (χ1v) is 11.6. The van der Waals surface area contributed by atoms with E-state index < -0.39 is 0 Å². The van der Waals surface area contributed by atoms with Crippen LogP contribution in [-0.2, 0) is 17.8 Å². The third kappa shape index (κ3) is 4.30. The highest BCUT2D eigenvalue weighted by atomic mass is 16.2. The number of likely N-dealkylation sites (N-methyl/N-ethyl adjacent to an activating group) is 1. The number of imidazole rings is 1. The van der Waals surface area contributed by atoms with Crippen LogP contribution in [-0.4, -0.2) is 55.6 Å². The molecule has 0 aliphatic carbocycles. The summed E-state index contributed by atoms with van der Waals surface area (Å²) in [5.41, 5.74) is 4.36. The monoisotopic (exact) mass is 470 g/mol. The lowest BCUT2D eigenvalue weighted by atomic mass is 9.98. The summed E-state index contributed by atoms with van der Waals surface area (Å²) in [7, 11) is 1.67. The number of anilines is 1. The van der Waals surface area contributed by atoms with Crippen LogP contribution in [0.25, 0.3) is 22.5 Å². The highest BCUT2D eigenvalue weighted by molar-refractivity contribution is 6.07. The van der Waals surface area contributed by atoms with Crippen LogP contribution in [0.5, 0.6) is 0 Å². The lowest BCUT2D eigenvalue weighted by molar-refractivity contribution is -0.117. The summed E-state index contributed by atoms with van der Waals surface area (Å²) in [4.78, 5) is 31.4. The molecule has 10 heteroatoms. The molecular weight excluding hydrogens is 444 g/mol. The van der Waals surface area contributed by atoms with E-state index in [1.54, 1.807) is 7.05 Å². The molecule has 0 atom stereocenters. The van der Waals surface area contributed by atoms with Crippen molar-refractivity contribution >= 4 is 17.6 Å². The molecule has 0 radical (unpaired) electrons. The van der Waals surface area contributed by atoms with Gasteiger partial charge >= 0.3 is 0 Å². The van der Waals surface area contributed by atoms with Gasteiger partial charge in [-0.25, -0.2) is 4.98 Å². The fraction of sp³-hybridized carbons (Fsp3) is 0.280. The lowest BCUT2D eigenvalue weighted by Gasteiger charge is -2.13. The van der Waals surface area contributed by atoms with Crippen molar-refractivity contribution in [1.82, 2.24) is 35.5 Å². The van der Waals surface area contributed by atoms with Crippen molar-refractivity contribution in [2.45, 2.75) is 32.7 Å². The van der Waals surface area contributed by atoms with Crippen LogP contribution in [0.2, 0.25) is 0 Å². The Morgan fingerprint density at radius 1 is 1.03 bits per heavy atom. The molecule has 10 nitrogen and oxygen atoms in total. The average molecular weight is 471 g/mol. The van der Waals surface area contributed by atoms with E-state index in [-0.39, 0.29) is 18.4 Å². The highest BCUT2D eigenvalue weighted by Crippen LogP contribution is 2.30. The van der Waals surface area contributed by atoms with Crippen LogP contribution in [0, 0.1) is 0 Å². The molecule has 2 N–H and O–H groups in total. The van der Waals surface area contributed by atoms with E-state index in [0.29, 0.717) is 23.9 Å². The molecule has 0 bridgehead atoms. The number of carbonyl (C=O) groups is 2. The standard InChI is InChI=1S/C25H26N8O2/c1-3-4-9-20-27-24-22(25(35)26-14-21(34)32(24)2)33(20)15-16-10-12-17(13-11-16)18-7-5-6-8-19(18)23-28-30-31-29-23/h5-8,10-13H,3-4,9,14-15H2,1-2H3,(H,26,35)(H,28,29,30,31). The van der Waals surface area contributed by atoms with Crippen LogP contribution in [0.15, 0.2) is 48.5 Å². The minimum atomic E-state index is -0.279. The number of tetrazole rings is 1. The summed E-state index contributed by atoms with van der Waals surface area (Å²) in [5.74, 6) is 1.30. The number of aromatic amines is 1. The predicted molar refractivity (Wildman–Crippen MR) is 131 cm³/mol. The minimum Gasteiger partial charge on any atom is -0.342 e. The molecule has 0 fully saturated rings. The molecule has 0 saturated heterocycles. The SMILES string of the molecule is CCCCc1nc2c(n1Cc1ccc(-c3ccccc3-c3nn[nH]n3)cc1)C(=O)NCC(=O)N2C. The van der Waals surface area contributed by atoms with Crippen molar-refractivity contribution < 1.29 is 9.59 Å². The Labute approximate surface area is 202 Å². The largest absolute Gasteiger partial charge is 0.342 e. The van der Waals surface area contributed by atoms with Crippen molar-refractivity contribution in [3.05, 3.63) is 65.6 Å². The summed E-state index contributed by atoms with van der Waals surface area (Å²) in [6.07, 6.45) is 2.68. The maximum absolute atomic E-state index is 12.9. The second-order valence-corrected chi connectivity index (χ2v) is 8.50. The number of rotatable bonds is 7. The zero-order chi connectivity index (χ0) is 24.4. The quantitative estimate of drug-likeness (QED) is 0.428. The number of nitrogens with zero attached hydrogens (tertiary/aromatic N) is 6. The van der Waals surface area contributed by atoms with E-state index in [4.69, 9.17) is 4.98 Å². The first kappa shape index (κ1) is 22.5. The molecule has 2 aromatic heterocycles. The van der Waals surface area contributed by atoms with Gasteiger partial charge in [0.15, 0.2) is 11.5 Å². The molecule has 0 saturated carbocycles. The van der Waals surface area contributed by atoms with Gasteiger partial charge in [0.25, 0.3) is 5.91 Å². The molecule has 2 amide bonds. The van der Waals surface area contributed by atoms with Crippen LogP contribution in [0.4, 0.5) is 5.82 Å². The molecule has 4 aromatic rings. The maximum atomic E-state index is 12.9. The van der Waals surface area contributed by atoms with Crippen LogP contribution < -0.4 is 10.2 Å². The molecule has 178 valence electrons. The first-order chi connectivity index (χ1) is 17.1. The summed E-state index contributed by atoms with van der Waals surface area (Å²) in [6.45, 7) is 2.56. The van der Waals surface area contributed by atoms with Gasteiger partial charge in [0, 0.05) is 25.6 Å². The zero-order valence-electron chi connectivity index (χ0n) is 19.7. The molecule has 1 aliphatic heterocycles. The van der Waals surface area contributed by atoms with Gasteiger partial charge in [-0.2, -0.15) is 5.21 Å². The van der Waals surface area contributed by atoms with Crippen LogP contribution in [0.1, 0.15) is 41.6 Å². The molecular formula is C25H26N8O2. The normalized spacial score (nSPS) is 13.5. The third-order valence-corrected chi connectivity index (χ3v) is 6.21. The Balaban J connectivity index is 1.49. The van der Waals surface area contributed by atoms with Crippen molar-refractivity contribution in [2.75, 3.05) is 18.5 Å². The Hall–Kier alpha value is -4.34. The Kier molecular flexibility index (Phi) is 6.09. The fourth-order valence-electron chi connectivity index (χ4n) is 4.29. The summed E-state index contributed by atoms with van der Waals surface area (Å²) < 4.78 is 1.94. The number of unbranched alkanes of at least 4 members (excludes halogenated alkanes) is 1. The number of aromatic nitrogens is 6. The second-order valence-electron chi connectivity index (χ2n) is 8.50. The molecule has 5 rings (SSSR count). The average Bonchev–Trinajstić information content (AvgIpc) is 3.52. The van der Waals surface area contributed by atoms with Crippen molar-refractivity contribution in [3.63, 3.8) is 0 Å². The molecule has 2 aromatic carbocycles. The second kappa shape index (κ2) is 9.49. The van der Waals surface area contributed by atoms with E-state index in [9.17, 15) is 9.59 Å². The molecule has 3 heterocycles. The number of amides is 2. The summed E-state index contributed by atoms with van der Waals surface area (Å²) in [5, 5.41) is 17.1. The number of nitrogens with one attached hydrogen (secondary N) is 2. The molecule has 0 spiro atoms. The van der Waals surface area contributed by atoms with E-state index in [1.807, 2.05) is 53.1 Å². The topological polar surface area (TPSA) is 122 Å². The van der Waals surface area contributed by atoms with E-state index in [1.165, 1.54) is 4.90 Å². The fourth-order valence-corrected chi connectivity index (χ4v) is 4.29. The number of hydrogen-bond donors (Lipinski definition) is 2. The van der Waals surface area contributed by atoms with E-state index >= 15 is 0 Å². The number of hydrogen-bond acceptors (Lipinski definition) is 6. The number of H-pyrrole nitrogens is 1. The van der Waals surface area contributed by atoms with Crippen molar-refractivity contribution in [1.29, 1.82) is 0 Å². The highest BCUT2D eigenvalue weighted by Gasteiger charge is 2.31. The number of aryl methyl sites for hydroxylation is 1. The van der Waals surface area contributed by atoms with Crippen molar-refractivity contribution in [3.8, 4) is 22.5 Å². The summed E-state index contributed by atoms with van der Waals surface area (Å²) >= 11 is 0. The van der Waals surface area contributed by atoms with Crippen LogP contribution >= 0.6 is 0 Å². The Morgan fingerprint density at radius 3 is 2.51 bits per heavy atom. The van der Waals surface area contributed by atoms with Gasteiger partial charge in [0.05, 0.1) is 6.54 Å². The van der Waals surface area contributed by atoms with Gasteiger partial charge in [0.1, 0.15) is 5.82 Å². The number of benzene rings is 2. The predicted octanol–water partition coefficient (Wildman–Crippen LogP) is 2.83. The summed E-state index contributed by atoms with van der Waals surface area (Å²) in [6, 6.07) is 16.1. The zero-order valence-corrected chi connectivity index (χ0v) is 19.7. The Morgan fingerprint density at radius 2 is 1.80 bits per heavy atom. The van der Waals surface area contributed by atoms with Gasteiger partial charge in [-0.05, 0) is 28.3 Å². The molecule has 35 heavy (non-hydrogen) atoms. The molecule has 1 aliphatic rings. The van der Waals surface area contributed by atoms with Gasteiger partial charge in [-0.3, -0.25) is 14.5 Å². The molecule has 0 unspecified atom stereocenters. The maximum Gasteiger partial charge on any atom is 0.272 e. The van der Waals surface area contributed by atoms with Gasteiger partial charge in [-0.1, -0.05) is 61.9 Å². The van der Waals surface area contributed by atoms with E-state index in [0.717, 1.165) is 47.3 Å². The number of fused-ring (bicyclic) bond motifs is 1. The van der Waals surface area contributed by atoms with Gasteiger partial charge in [-0.15, -0.1) is 10.2 Å². The minimum absolute atomic E-state index is 0.0372. The van der Waals surface area contributed by atoms with Gasteiger partial charge in [0.2, 0.25) is 11.7 Å². The first-order valence-electron chi connectivity index (χ1n) is 11.6. The van der Waals surface area contributed by atoms with E-state index in [2.05, 4.69) is 32.9 Å². The van der Waals surface area contributed by atoms with Gasteiger partial charge < -0.3 is 9.88 Å². The van der Waals surface area contributed by atoms with Crippen LogP contribution in [0.3, 0.4) is 0 Å². The van der Waals surface area contributed by atoms with Crippen molar-refractivity contribution in [2.24, 2.45) is 0 Å².